The van der Waals surface area contributed by atoms with E-state index in [0.717, 1.165) is 6.20 Å². The van der Waals surface area contributed by atoms with Gasteiger partial charge >= 0.3 is 5.69 Å². The largest absolute Gasteiger partial charge is 0.618 e. The van der Waals surface area contributed by atoms with E-state index in [-0.39, 0.29) is 15.7 Å². The monoisotopic (exact) mass is 268 g/mol. The van der Waals surface area contributed by atoms with Crippen molar-refractivity contribution >= 4 is 32.5 Å². The quantitative estimate of drug-likeness (QED) is 0.344. The predicted molar refractivity (Wildman–Crippen MR) is 57.3 cm³/mol. The number of para-hydroxylation sites is 1. The third-order valence-corrected chi connectivity index (χ3v) is 2.62. The molecule has 0 saturated heterocycles. The fourth-order valence-corrected chi connectivity index (χ4v) is 1.96. The van der Waals surface area contributed by atoms with E-state index in [1.165, 1.54) is 0 Å². The molecule has 76 valence electrons. The first-order valence-corrected chi connectivity index (χ1v) is 4.85. The van der Waals surface area contributed by atoms with Crippen molar-refractivity contribution in [3.63, 3.8) is 0 Å². The van der Waals surface area contributed by atoms with E-state index in [2.05, 4.69) is 15.9 Å². The molecule has 2 rings (SSSR count). The Morgan fingerprint density at radius 2 is 2.00 bits per heavy atom. The van der Waals surface area contributed by atoms with Crippen molar-refractivity contribution in [3.05, 3.63) is 50.3 Å². The van der Waals surface area contributed by atoms with Gasteiger partial charge in [-0.1, -0.05) is 12.1 Å². The minimum absolute atomic E-state index is 0.0855. The summed E-state index contributed by atoms with van der Waals surface area (Å²) in [5.41, 5.74) is 0.199. The first kappa shape index (κ1) is 9.85. The zero-order chi connectivity index (χ0) is 11.0. The molecule has 0 saturated carbocycles. The van der Waals surface area contributed by atoms with Crippen LogP contribution >= 0.6 is 15.9 Å². The molecule has 0 unspecified atom stereocenters. The SMILES string of the molecule is O=[N+]([O-])c1c(Br)c[n+]([O-])c2ccccc12. The first-order chi connectivity index (χ1) is 7.11. The molecule has 0 spiro atoms. The maximum Gasteiger partial charge on any atom is 0.303 e. The maximum atomic E-state index is 11.4. The molecule has 0 aliphatic heterocycles. The van der Waals surface area contributed by atoms with Crippen molar-refractivity contribution in [2.75, 3.05) is 0 Å². The summed E-state index contributed by atoms with van der Waals surface area (Å²) in [5, 5.41) is 22.6. The number of hydrogen-bond acceptors (Lipinski definition) is 3. The summed E-state index contributed by atoms with van der Waals surface area (Å²) in [5.74, 6) is 0. The fraction of sp³-hybridized carbons (Fsp3) is 0. The second kappa shape index (κ2) is 3.47. The highest BCUT2D eigenvalue weighted by atomic mass is 79.9. The molecule has 0 radical (unpaired) electrons. The minimum Gasteiger partial charge on any atom is -0.618 e. The lowest BCUT2D eigenvalue weighted by atomic mass is 10.2. The van der Waals surface area contributed by atoms with Crippen molar-refractivity contribution in [1.29, 1.82) is 0 Å². The summed E-state index contributed by atoms with van der Waals surface area (Å²) in [7, 11) is 0. The summed E-state index contributed by atoms with van der Waals surface area (Å²) in [6.07, 6.45) is 1.14. The number of pyridine rings is 1. The van der Waals surface area contributed by atoms with Gasteiger partial charge < -0.3 is 5.21 Å². The Bertz CT molecular complexity index is 556. The Morgan fingerprint density at radius 1 is 1.33 bits per heavy atom. The third kappa shape index (κ3) is 1.52. The van der Waals surface area contributed by atoms with Crippen LogP contribution in [0.2, 0.25) is 0 Å². The van der Waals surface area contributed by atoms with E-state index in [9.17, 15) is 15.3 Å². The summed E-state index contributed by atoms with van der Waals surface area (Å²) in [4.78, 5) is 10.3. The Balaban J connectivity index is 2.96. The normalized spacial score (nSPS) is 10.5. The second-order valence-corrected chi connectivity index (χ2v) is 3.78. The average molecular weight is 269 g/mol. The first-order valence-electron chi connectivity index (χ1n) is 4.06. The minimum atomic E-state index is -0.508. The van der Waals surface area contributed by atoms with Gasteiger partial charge in [0.2, 0.25) is 11.7 Å². The molecule has 0 amide bonds. The van der Waals surface area contributed by atoms with Crippen molar-refractivity contribution < 1.29 is 9.65 Å². The number of fused-ring (bicyclic) bond motifs is 1. The van der Waals surface area contributed by atoms with Crippen LogP contribution in [0.15, 0.2) is 34.9 Å². The molecule has 0 fully saturated rings. The molecule has 5 nitrogen and oxygen atoms in total. The highest BCUT2D eigenvalue weighted by molar-refractivity contribution is 9.10. The smallest absolute Gasteiger partial charge is 0.303 e. The van der Waals surface area contributed by atoms with Gasteiger partial charge in [0.25, 0.3) is 0 Å². The van der Waals surface area contributed by atoms with Crippen LogP contribution in [-0.4, -0.2) is 4.92 Å². The molecule has 0 aliphatic rings. The molecule has 0 N–H and O–H groups in total. The molecule has 2 aromatic rings. The Kier molecular flexibility index (Phi) is 2.28. The molecular formula is C9H5BrN2O3. The second-order valence-electron chi connectivity index (χ2n) is 2.93. The van der Waals surface area contributed by atoms with Gasteiger partial charge in [-0.2, -0.15) is 4.73 Å². The van der Waals surface area contributed by atoms with Crippen LogP contribution in [0.4, 0.5) is 5.69 Å². The van der Waals surface area contributed by atoms with Gasteiger partial charge in [-0.3, -0.25) is 10.1 Å². The number of nitrogens with zero attached hydrogens (tertiary/aromatic N) is 2. The van der Waals surface area contributed by atoms with Crippen LogP contribution in [0.3, 0.4) is 0 Å². The summed E-state index contributed by atoms with van der Waals surface area (Å²) in [6, 6.07) is 6.41. The topological polar surface area (TPSA) is 70.1 Å². The molecule has 0 aliphatic carbocycles. The molecule has 0 bridgehead atoms. The van der Waals surface area contributed by atoms with Crippen LogP contribution < -0.4 is 4.73 Å². The van der Waals surface area contributed by atoms with E-state index in [0.29, 0.717) is 10.1 Å². The van der Waals surface area contributed by atoms with Gasteiger partial charge in [0.1, 0.15) is 5.39 Å². The third-order valence-electron chi connectivity index (χ3n) is 2.04. The zero-order valence-corrected chi connectivity index (χ0v) is 8.97. The number of benzene rings is 1. The van der Waals surface area contributed by atoms with Crippen LogP contribution in [0.1, 0.15) is 0 Å². The van der Waals surface area contributed by atoms with Crippen LogP contribution in [0, 0.1) is 15.3 Å². The van der Waals surface area contributed by atoms with Gasteiger partial charge in [0.05, 0.1) is 4.92 Å². The highest BCUT2D eigenvalue weighted by Gasteiger charge is 2.22. The van der Waals surface area contributed by atoms with E-state index in [1.54, 1.807) is 24.3 Å². The molecule has 0 atom stereocenters. The van der Waals surface area contributed by atoms with Crippen molar-refractivity contribution in [2.24, 2.45) is 0 Å². The molecule has 15 heavy (non-hydrogen) atoms. The van der Waals surface area contributed by atoms with E-state index in [4.69, 9.17) is 0 Å². The van der Waals surface area contributed by atoms with Gasteiger partial charge in [0, 0.05) is 6.07 Å². The number of rotatable bonds is 1. The average Bonchev–Trinajstić information content (AvgIpc) is 2.17. The summed E-state index contributed by atoms with van der Waals surface area (Å²) in [6.45, 7) is 0. The van der Waals surface area contributed by atoms with Crippen molar-refractivity contribution in [3.8, 4) is 0 Å². The number of hydrogen-bond donors (Lipinski definition) is 0. The standard InChI is InChI=1S/C9H5BrN2O3/c10-7-5-11(13)8-4-2-1-3-6(8)9(7)12(14)15/h1-5H. The fourth-order valence-electron chi connectivity index (χ4n) is 1.41. The highest BCUT2D eigenvalue weighted by Crippen LogP contribution is 2.30. The summed E-state index contributed by atoms with van der Waals surface area (Å²) >= 11 is 3.01. The zero-order valence-electron chi connectivity index (χ0n) is 7.38. The van der Waals surface area contributed by atoms with Gasteiger partial charge in [-0.15, -0.1) is 0 Å². The predicted octanol–water partition coefficient (Wildman–Crippen LogP) is 2.14. The molecule has 1 heterocycles. The lowest BCUT2D eigenvalue weighted by molar-refractivity contribution is -0.578. The van der Waals surface area contributed by atoms with Crippen LogP contribution in [0.25, 0.3) is 10.9 Å². The van der Waals surface area contributed by atoms with Gasteiger partial charge in [-0.05, 0) is 22.0 Å². The molecule has 6 heteroatoms. The van der Waals surface area contributed by atoms with E-state index >= 15 is 0 Å². The Labute approximate surface area is 92.8 Å². The van der Waals surface area contributed by atoms with Gasteiger partial charge in [-0.25, -0.2) is 0 Å². The molecule has 1 aromatic carbocycles. The Morgan fingerprint density at radius 3 is 2.67 bits per heavy atom. The van der Waals surface area contributed by atoms with Crippen LogP contribution in [-0.2, 0) is 0 Å². The van der Waals surface area contributed by atoms with Crippen molar-refractivity contribution in [1.82, 2.24) is 0 Å². The van der Waals surface area contributed by atoms with E-state index < -0.39 is 4.92 Å². The molecular weight excluding hydrogens is 264 g/mol. The number of aromatic nitrogens is 1. The number of halogens is 1. The Hall–Kier alpha value is -1.69. The summed E-state index contributed by atoms with van der Waals surface area (Å²) < 4.78 is 0.785. The molecule has 1 aromatic heterocycles. The lowest BCUT2D eigenvalue weighted by Gasteiger charge is -2.03. The lowest BCUT2D eigenvalue weighted by Crippen LogP contribution is -2.26. The van der Waals surface area contributed by atoms with Crippen LogP contribution in [0.5, 0.6) is 0 Å². The van der Waals surface area contributed by atoms with E-state index in [1.807, 2.05) is 0 Å². The number of nitro groups is 1. The van der Waals surface area contributed by atoms with Gasteiger partial charge in [0.15, 0.2) is 4.47 Å². The maximum absolute atomic E-state index is 11.4. The van der Waals surface area contributed by atoms with Crippen molar-refractivity contribution in [2.45, 2.75) is 0 Å².